The molecule has 71 valence electrons. The number of aromatic nitrogens is 4. The van der Waals surface area contributed by atoms with Gasteiger partial charge in [-0.15, -0.1) is 5.10 Å². The van der Waals surface area contributed by atoms with Crippen LogP contribution in [0.1, 0.15) is 5.82 Å². The lowest BCUT2D eigenvalue weighted by atomic mass is 10.3. The molecule has 0 atom stereocenters. The van der Waals surface area contributed by atoms with E-state index < -0.39 is 0 Å². The van der Waals surface area contributed by atoms with Gasteiger partial charge < -0.3 is 0 Å². The Hall–Kier alpha value is -1.78. The molecule has 0 aliphatic rings. The average Bonchev–Trinajstić information content (AvgIpc) is 2.65. The van der Waals surface area contributed by atoms with E-state index in [1.54, 1.807) is 12.1 Å². The van der Waals surface area contributed by atoms with Crippen molar-refractivity contribution in [2.24, 2.45) is 0 Å². The molecule has 0 aliphatic heterocycles. The minimum atomic E-state index is -0.312. The standard InChI is InChI=1S/C9H8FN4/c1-2-9-11-12-13-14(9)8-5-3-4-7(10)6-8/h3-6H,1-2H2. The number of halogens is 1. The van der Waals surface area contributed by atoms with Crippen molar-refractivity contribution in [3.8, 4) is 5.69 Å². The summed E-state index contributed by atoms with van der Waals surface area (Å²) in [4.78, 5) is 0. The quantitative estimate of drug-likeness (QED) is 0.715. The first kappa shape index (κ1) is 8.80. The predicted molar refractivity (Wildman–Crippen MR) is 48.2 cm³/mol. The van der Waals surface area contributed by atoms with Crippen molar-refractivity contribution in [1.29, 1.82) is 0 Å². The van der Waals surface area contributed by atoms with E-state index in [9.17, 15) is 4.39 Å². The monoisotopic (exact) mass is 191 g/mol. The maximum Gasteiger partial charge on any atom is 0.156 e. The van der Waals surface area contributed by atoms with Crippen molar-refractivity contribution in [2.45, 2.75) is 6.42 Å². The Labute approximate surface area is 80.4 Å². The van der Waals surface area contributed by atoms with Gasteiger partial charge in [0.1, 0.15) is 5.82 Å². The molecule has 2 rings (SSSR count). The van der Waals surface area contributed by atoms with Gasteiger partial charge in [-0.3, -0.25) is 0 Å². The third-order valence-electron chi connectivity index (χ3n) is 1.81. The molecule has 2 aromatic rings. The van der Waals surface area contributed by atoms with E-state index in [4.69, 9.17) is 0 Å². The summed E-state index contributed by atoms with van der Waals surface area (Å²) in [5.74, 6) is 0.295. The zero-order valence-corrected chi connectivity index (χ0v) is 7.39. The maximum absolute atomic E-state index is 12.9. The Bertz CT molecular complexity index is 438. The summed E-state index contributed by atoms with van der Waals surface area (Å²) in [5.41, 5.74) is 0.605. The number of rotatable bonds is 2. The Kier molecular flexibility index (Phi) is 2.22. The Morgan fingerprint density at radius 3 is 3.00 bits per heavy atom. The smallest absolute Gasteiger partial charge is 0.156 e. The third kappa shape index (κ3) is 1.48. The van der Waals surface area contributed by atoms with E-state index in [0.29, 0.717) is 17.9 Å². The van der Waals surface area contributed by atoms with Gasteiger partial charge in [-0.05, 0) is 35.5 Å². The first-order valence-electron chi connectivity index (χ1n) is 4.13. The molecule has 0 saturated carbocycles. The SMILES string of the molecule is [CH2]Cc1nnnn1-c1cccc(F)c1. The van der Waals surface area contributed by atoms with Gasteiger partial charge in [0.05, 0.1) is 5.69 Å². The van der Waals surface area contributed by atoms with Gasteiger partial charge in [0, 0.05) is 6.42 Å². The Morgan fingerprint density at radius 1 is 1.43 bits per heavy atom. The van der Waals surface area contributed by atoms with Crippen LogP contribution in [0.4, 0.5) is 4.39 Å². The number of hydrogen-bond acceptors (Lipinski definition) is 3. The highest BCUT2D eigenvalue weighted by atomic mass is 19.1. The molecule has 0 saturated heterocycles. The highest BCUT2D eigenvalue weighted by molar-refractivity contribution is 5.31. The molecule has 1 radical (unpaired) electrons. The minimum absolute atomic E-state index is 0.312. The van der Waals surface area contributed by atoms with Crippen LogP contribution >= 0.6 is 0 Å². The Morgan fingerprint density at radius 2 is 2.29 bits per heavy atom. The van der Waals surface area contributed by atoms with Crippen LogP contribution in [0.15, 0.2) is 24.3 Å². The fraction of sp³-hybridized carbons (Fsp3) is 0.111. The van der Waals surface area contributed by atoms with Gasteiger partial charge in [-0.25, -0.2) is 4.39 Å². The number of tetrazole rings is 1. The second-order valence-corrected chi connectivity index (χ2v) is 2.74. The maximum atomic E-state index is 12.9. The molecule has 0 amide bonds. The van der Waals surface area contributed by atoms with Crippen LogP contribution in [0.3, 0.4) is 0 Å². The fourth-order valence-electron chi connectivity index (χ4n) is 1.17. The average molecular weight is 191 g/mol. The van der Waals surface area contributed by atoms with Gasteiger partial charge in [-0.2, -0.15) is 4.68 Å². The third-order valence-corrected chi connectivity index (χ3v) is 1.81. The van der Waals surface area contributed by atoms with Gasteiger partial charge in [0.2, 0.25) is 0 Å². The topological polar surface area (TPSA) is 43.6 Å². The van der Waals surface area contributed by atoms with Gasteiger partial charge in [-0.1, -0.05) is 6.07 Å². The summed E-state index contributed by atoms with van der Waals surface area (Å²) in [5, 5.41) is 11.0. The van der Waals surface area contributed by atoms with Crippen molar-refractivity contribution >= 4 is 0 Å². The van der Waals surface area contributed by atoms with Gasteiger partial charge in [0.15, 0.2) is 5.82 Å². The highest BCUT2D eigenvalue weighted by Gasteiger charge is 2.05. The zero-order valence-electron chi connectivity index (χ0n) is 7.39. The molecule has 0 spiro atoms. The number of nitrogens with zero attached hydrogens (tertiary/aromatic N) is 4. The van der Waals surface area contributed by atoms with E-state index in [2.05, 4.69) is 22.4 Å². The van der Waals surface area contributed by atoms with Crippen molar-refractivity contribution in [3.63, 3.8) is 0 Å². The minimum Gasteiger partial charge on any atom is -0.207 e. The molecular formula is C9H8FN4. The summed E-state index contributed by atoms with van der Waals surface area (Å²) in [6, 6.07) is 6.09. The lowest BCUT2D eigenvalue weighted by Crippen LogP contribution is -2.02. The van der Waals surface area contributed by atoms with Crippen LogP contribution in [0.25, 0.3) is 5.69 Å². The predicted octanol–water partition coefficient (Wildman–Crippen LogP) is 1.18. The summed E-state index contributed by atoms with van der Waals surface area (Å²) in [7, 11) is 0. The largest absolute Gasteiger partial charge is 0.207 e. The van der Waals surface area contributed by atoms with Crippen LogP contribution in [0.2, 0.25) is 0 Å². The van der Waals surface area contributed by atoms with Crippen LogP contribution in [-0.4, -0.2) is 20.2 Å². The van der Waals surface area contributed by atoms with E-state index in [0.717, 1.165) is 0 Å². The summed E-state index contributed by atoms with van der Waals surface area (Å²) >= 11 is 0. The van der Waals surface area contributed by atoms with E-state index >= 15 is 0 Å². The molecule has 0 bridgehead atoms. The van der Waals surface area contributed by atoms with Crippen molar-refractivity contribution in [1.82, 2.24) is 20.2 Å². The highest BCUT2D eigenvalue weighted by Crippen LogP contribution is 2.09. The first-order chi connectivity index (χ1) is 6.81. The lowest BCUT2D eigenvalue weighted by Gasteiger charge is -2.01. The molecule has 5 heteroatoms. The van der Waals surface area contributed by atoms with E-state index in [1.165, 1.54) is 16.8 Å². The van der Waals surface area contributed by atoms with Crippen LogP contribution in [0.5, 0.6) is 0 Å². The van der Waals surface area contributed by atoms with Crippen molar-refractivity contribution in [3.05, 3.63) is 42.8 Å². The fourth-order valence-corrected chi connectivity index (χ4v) is 1.17. The van der Waals surface area contributed by atoms with Gasteiger partial charge >= 0.3 is 0 Å². The molecule has 1 aromatic heterocycles. The van der Waals surface area contributed by atoms with Gasteiger partial charge in [0.25, 0.3) is 0 Å². The first-order valence-corrected chi connectivity index (χ1v) is 4.13. The summed E-state index contributed by atoms with van der Waals surface area (Å²) in [6.07, 6.45) is 0.462. The number of hydrogen-bond donors (Lipinski definition) is 0. The normalized spacial score (nSPS) is 10.4. The van der Waals surface area contributed by atoms with E-state index in [-0.39, 0.29) is 5.82 Å². The molecule has 0 fully saturated rings. The van der Waals surface area contributed by atoms with Crippen molar-refractivity contribution < 1.29 is 4.39 Å². The molecule has 0 aliphatic carbocycles. The molecule has 14 heavy (non-hydrogen) atoms. The molecule has 1 heterocycles. The second-order valence-electron chi connectivity index (χ2n) is 2.74. The summed E-state index contributed by atoms with van der Waals surface area (Å²) in [6.45, 7) is 3.68. The molecular weight excluding hydrogens is 183 g/mol. The van der Waals surface area contributed by atoms with Crippen LogP contribution < -0.4 is 0 Å². The van der Waals surface area contributed by atoms with E-state index in [1.807, 2.05) is 0 Å². The second kappa shape index (κ2) is 3.53. The molecule has 0 N–H and O–H groups in total. The van der Waals surface area contributed by atoms with Crippen LogP contribution in [0, 0.1) is 12.7 Å². The molecule has 1 aromatic carbocycles. The molecule has 4 nitrogen and oxygen atoms in total. The Balaban J connectivity index is 2.49. The number of benzene rings is 1. The molecule has 0 unspecified atom stereocenters. The lowest BCUT2D eigenvalue weighted by molar-refractivity contribution is 0.624. The summed E-state index contributed by atoms with van der Waals surface area (Å²) < 4.78 is 14.4. The van der Waals surface area contributed by atoms with Crippen molar-refractivity contribution in [2.75, 3.05) is 0 Å². The zero-order chi connectivity index (χ0) is 9.97. The van der Waals surface area contributed by atoms with Crippen LogP contribution in [-0.2, 0) is 6.42 Å².